The summed E-state index contributed by atoms with van der Waals surface area (Å²) < 4.78 is 26.7. The Morgan fingerprint density at radius 3 is 2.73 bits per heavy atom. The molecule has 0 saturated carbocycles. The summed E-state index contributed by atoms with van der Waals surface area (Å²) in [7, 11) is -3.48. The van der Waals surface area contributed by atoms with Gasteiger partial charge in [-0.15, -0.1) is 0 Å². The summed E-state index contributed by atoms with van der Waals surface area (Å²) in [6.45, 7) is 2.31. The molecule has 0 radical (unpaired) electrons. The van der Waals surface area contributed by atoms with E-state index in [1.807, 2.05) is 6.92 Å². The lowest BCUT2D eigenvalue weighted by Gasteiger charge is -2.08. The van der Waals surface area contributed by atoms with Crippen LogP contribution in [0.2, 0.25) is 0 Å². The van der Waals surface area contributed by atoms with Gasteiger partial charge in [-0.2, -0.15) is 0 Å². The van der Waals surface area contributed by atoms with E-state index >= 15 is 0 Å². The van der Waals surface area contributed by atoms with Crippen molar-refractivity contribution in [1.82, 2.24) is 4.72 Å². The third-order valence-electron chi connectivity index (χ3n) is 1.81. The van der Waals surface area contributed by atoms with Gasteiger partial charge in [0.15, 0.2) is 0 Å². The lowest BCUT2D eigenvalue weighted by molar-refractivity contribution is 0.581. The molecule has 0 unspecified atom stereocenters. The van der Waals surface area contributed by atoms with Crippen molar-refractivity contribution in [3.63, 3.8) is 0 Å². The van der Waals surface area contributed by atoms with E-state index in [1.54, 1.807) is 12.1 Å². The van der Waals surface area contributed by atoms with Crippen LogP contribution < -0.4 is 10.5 Å². The Morgan fingerprint density at radius 2 is 2.13 bits per heavy atom. The van der Waals surface area contributed by atoms with Gasteiger partial charge in [-0.05, 0) is 24.6 Å². The van der Waals surface area contributed by atoms with Crippen LogP contribution in [0.15, 0.2) is 27.6 Å². The van der Waals surface area contributed by atoms with Gasteiger partial charge in [-0.25, -0.2) is 13.1 Å². The molecule has 84 valence electrons. The van der Waals surface area contributed by atoms with Crippen molar-refractivity contribution in [3.8, 4) is 0 Å². The zero-order chi connectivity index (χ0) is 11.5. The van der Waals surface area contributed by atoms with E-state index in [0.717, 1.165) is 6.42 Å². The first-order valence-electron chi connectivity index (χ1n) is 4.52. The lowest BCUT2D eigenvalue weighted by atomic mass is 10.3. The molecule has 0 saturated heterocycles. The van der Waals surface area contributed by atoms with Gasteiger partial charge in [-0.1, -0.05) is 22.9 Å². The average molecular weight is 293 g/mol. The molecule has 0 heterocycles. The largest absolute Gasteiger partial charge is 0.398 e. The molecule has 0 spiro atoms. The third-order valence-corrected chi connectivity index (χ3v) is 3.82. The fourth-order valence-corrected chi connectivity index (χ4v) is 2.86. The summed E-state index contributed by atoms with van der Waals surface area (Å²) in [6.07, 6.45) is 0.743. The minimum absolute atomic E-state index is 0.116. The Bertz CT molecular complexity index is 445. The number of rotatable bonds is 4. The minimum Gasteiger partial charge on any atom is -0.398 e. The highest BCUT2D eigenvalue weighted by molar-refractivity contribution is 9.10. The number of sulfonamides is 1. The molecule has 0 fully saturated rings. The number of nitrogens with two attached hydrogens (primary N) is 1. The van der Waals surface area contributed by atoms with Crippen molar-refractivity contribution >= 4 is 31.6 Å². The number of nitrogens with one attached hydrogen (secondary N) is 1. The molecule has 1 rings (SSSR count). The molecule has 0 amide bonds. The highest BCUT2D eigenvalue weighted by Gasteiger charge is 2.16. The van der Waals surface area contributed by atoms with Crippen LogP contribution in [0.1, 0.15) is 13.3 Å². The summed E-state index contributed by atoms with van der Waals surface area (Å²) in [6, 6.07) is 4.76. The Morgan fingerprint density at radius 1 is 1.47 bits per heavy atom. The van der Waals surface area contributed by atoms with Crippen LogP contribution in [0.3, 0.4) is 0 Å². The monoisotopic (exact) mass is 292 g/mol. The first-order valence-corrected chi connectivity index (χ1v) is 6.79. The molecular weight excluding hydrogens is 280 g/mol. The van der Waals surface area contributed by atoms with Gasteiger partial charge in [0.2, 0.25) is 10.0 Å². The second kappa shape index (κ2) is 4.96. The number of benzene rings is 1. The molecule has 0 aromatic heterocycles. The number of nitrogen functional groups attached to an aromatic ring is 1. The van der Waals surface area contributed by atoms with Gasteiger partial charge in [0.25, 0.3) is 0 Å². The zero-order valence-corrected chi connectivity index (χ0v) is 10.7. The standard InChI is InChI=1S/C9H13BrN2O2S/c1-2-5-12-15(13,14)9-6-7(10)3-4-8(9)11/h3-4,6,12H,2,5,11H2,1H3. The Labute approximate surface area is 98.0 Å². The summed E-state index contributed by atoms with van der Waals surface area (Å²) in [4.78, 5) is 0.116. The normalized spacial score (nSPS) is 11.6. The molecule has 1 aromatic rings. The maximum atomic E-state index is 11.8. The van der Waals surface area contributed by atoms with Crippen LogP contribution in [-0.2, 0) is 10.0 Å². The summed E-state index contributed by atoms with van der Waals surface area (Å²) in [5, 5.41) is 0. The number of halogens is 1. The number of anilines is 1. The molecule has 0 atom stereocenters. The second-order valence-corrected chi connectivity index (χ2v) is 5.73. The smallest absolute Gasteiger partial charge is 0.242 e. The van der Waals surface area contributed by atoms with Crippen LogP contribution in [0.5, 0.6) is 0 Å². The van der Waals surface area contributed by atoms with Crippen LogP contribution in [0, 0.1) is 0 Å². The molecule has 15 heavy (non-hydrogen) atoms. The Kier molecular flexibility index (Phi) is 4.12. The summed E-state index contributed by atoms with van der Waals surface area (Å²) in [5.41, 5.74) is 5.86. The molecule has 1 aromatic carbocycles. The quantitative estimate of drug-likeness (QED) is 0.830. The van der Waals surface area contributed by atoms with Crippen molar-refractivity contribution in [2.75, 3.05) is 12.3 Å². The maximum Gasteiger partial charge on any atom is 0.242 e. The van der Waals surface area contributed by atoms with E-state index in [9.17, 15) is 8.42 Å². The number of hydrogen-bond donors (Lipinski definition) is 2. The van der Waals surface area contributed by atoms with Gasteiger partial charge >= 0.3 is 0 Å². The number of hydrogen-bond acceptors (Lipinski definition) is 3. The molecule has 0 aliphatic carbocycles. The van der Waals surface area contributed by atoms with Crippen molar-refractivity contribution in [2.24, 2.45) is 0 Å². The zero-order valence-electron chi connectivity index (χ0n) is 8.33. The lowest BCUT2D eigenvalue weighted by Crippen LogP contribution is -2.25. The summed E-state index contributed by atoms with van der Waals surface area (Å²) >= 11 is 3.21. The van der Waals surface area contributed by atoms with Gasteiger partial charge in [0, 0.05) is 11.0 Å². The van der Waals surface area contributed by atoms with E-state index in [0.29, 0.717) is 11.0 Å². The van der Waals surface area contributed by atoms with Crippen molar-refractivity contribution in [2.45, 2.75) is 18.2 Å². The molecule has 0 aliphatic heterocycles. The van der Waals surface area contributed by atoms with Crippen LogP contribution in [0.25, 0.3) is 0 Å². The predicted octanol–water partition coefficient (Wildman–Crippen LogP) is 1.72. The fourth-order valence-electron chi connectivity index (χ4n) is 1.06. The Hall–Kier alpha value is -0.590. The molecule has 0 bridgehead atoms. The summed E-state index contributed by atoms with van der Waals surface area (Å²) in [5.74, 6) is 0. The van der Waals surface area contributed by atoms with Crippen molar-refractivity contribution < 1.29 is 8.42 Å². The predicted molar refractivity (Wildman–Crippen MR) is 64.0 cm³/mol. The maximum absolute atomic E-state index is 11.8. The highest BCUT2D eigenvalue weighted by Crippen LogP contribution is 2.22. The second-order valence-electron chi connectivity index (χ2n) is 3.08. The van der Waals surface area contributed by atoms with E-state index in [2.05, 4.69) is 20.7 Å². The van der Waals surface area contributed by atoms with Gasteiger partial charge < -0.3 is 5.73 Å². The van der Waals surface area contributed by atoms with E-state index in [1.165, 1.54) is 6.07 Å². The molecular formula is C9H13BrN2O2S. The third kappa shape index (κ3) is 3.19. The van der Waals surface area contributed by atoms with Crippen molar-refractivity contribution in [3.05, 3.63) is 22.7 Å². The van der Waals surface area contributed by atoms with E-state index < -0.39 is 10.0 Å². The van der Waals surface area contributed by atoms with E-state index in [4.69, 9.17) is 5.73 Å². The topological polar surface area (TPSA) is 72.2 Å². The molecule has 4 nitrogen and oxygen atoms in total. The minimum atomic E-state index is -3.48. The molecule has 3 N–H and O–H groups in total. The molecule has 0 aliphatic rings. The van der Waals surface area contributed by atoms with Crippen LogP contribution >= 0.6 is 15.9 Å². The van der Waals surface area contributed by atoms with Crippen LogP contribution in [-0.4, -0.2) is 15.0 Å². The highest BCUT2D eigenvalue weighted by atomic mass is 79.9. The van der Waals surface area contributed by atoms with Gasteiger partial charge in [0.05, 0.1) is 5.69 Å². The SMILES string of the molecule is CCCNS(=O)(=O)c1cc(Br)ccc1N. The fraction of sp³-hybridized carbons (Fsp3) is 0.333. The van der Waals surface area contributed by atoms with E-state index in [-0.39, 0.29) is 10.6 Å². The Balaban J connectivity index is 3.09. The van der Waals surface area contributed by atoms with Crippen LogP contribution in [0.4, 0.5) is 5.69 Å². The van der Waals surface area contributed by atoms with Crippen molar-refractivity contribution in [1.29, 1.82) is 0 Å². The van der Waals surface area contributed by atoms with Gasteiger partial charge in [0.1, 0.15) is 4.90 Å². The van der Waals surface area contributed by atoms with Gasteiger partial charge in [-0.3, -0.25) is 0 Å². The first kappa shape index (κ1) is 12.5. The average Bonchev–Trinajstić information content (AvgIpc) is 2.18. The first-order chi connectivity index (χ1) is 6.97. The molecule has 6 heteroatoms.